The zero-order valence-corrected chi connectivity index (χ0v) is 12.7. The zero-order valence-electron chi connectivity index (χ0n) is 12.7. The van der Waals surface area contributed by atoms with Gasteiger partial charge in [0.15, 0.2) is 0 Å². The van der Waals surface area contributed by atoms with E-state index in [1.165, 1.54) is 0 Å². The van der Waals surface area contributed by atoms with Crippen LogP contribution < -0.4 is 10.1 Å². The van der Waals surface area contributed by atoms with Crippen molar-refractivity contribution in [2.45, 2.75) is 45.8 Å². The Bertz CT molecular complexity index is 395. The van der Waals surface area contributed by atoms with Crippen molar-refractivity contribution < 1.29 is 14.9 Å². The average Bonchev–Trinajstić information content (AvgIpc) is 2.40. The monoisotopic (exact) mass is 281 g/mol. The van der Waals surface area contributed by atoms with E-state index in [0.717, 1.165) is 29.7 Å². The van der Waals surface area contributed by atoms with Crippen molar-refractivity contribution in [1.29, 1.82) is 0 Å². The third kappa shape index (κ3) is 6.37. The molecule has 0 amide bonds. The molecule has 3 N–H and O–H groups in total. The van der Waals surface area contributed by atoms with Gasteiger partial charge in [-0.3, -0.25) is 0 Å². The molecule has 0 heterocycles. The van der Waals surface area contributed by atoms with Crippen LogP contribution in [0, 0.1) is 13.8 Å². The highest BCUT2D eigenvalue weighted by atomic mass is 16.5. The highest BCUT2D eigenvalue weighted by Gasteiger charge is 2.08. The van der Waals surface area contributed by atoms with Gasteiger partial charge in [0.25, 0.3) is 0 Å². The minimum atomic E-state index is -0.580. The molecular weight excluding hydrogens is 254 g/mol. The van der Waals surface area contributed by atoms with E-state index in [4.69, 9.17) is 4.74 Å². The summed E-state index contributed by atoms with van der Waals surface area (Å²) < 4.78 is 5.63. The summed E-state index contributed by atoms with van der Waals surface area (Å²) >= 11 is 0. The number of aliphatic hydroxyl groups excluding tert-OH is 2. The van der Waals surface area contributed by atoms with Gasteiger partial charge in [-0.05, 0) is 37.5 Å². The van der Waals surface area contributed by atoms with Gasteiger partial charge in [-0.15, -0.1) is 0 Å². The second-order valence-electron chi connectivity index (χ2n) is 5.33. The molecule has 0 saturated carbocycles. The van der Waals surface area contributed by atoms with Crippen LogP contribution in [0.15, 0.2) is 18.2 Å². The number of hydrogen-bond donors (Lipinski definition) is 3. The van der Waals surface area contributed by atoms with E-state index < -0.39 is 6.10 Å². The number of rotatable bonds is 9. The lowest BCUT2D eigenvalue weighted by Gasteiger charge is -2.16. The molecule has 2 atom stereocenters. The lowest BCUT2D eigenvalue weighted by Crippen LogP contribution is -2.35. The van der Waals surface area contributed by atoms with E-state index >= 15 is 0 Å². The van der Waals surface area contributed by atoms with Crippen molar-refractivity contribution >= 4 is 0 Å². The molecule has 0 aliphatic heterocycles. The molecule has 1 aromatic rings. The van der Waals surface area contributed by atoms with E-state index in [1.54, 1.807) is 0 Å². The Labute approximate surface area is 121 Å². The van der Waals surface area contributed by atoms with Crippen LogP contribution >= 0.6 is 0 Å². The van der Waals surface area contributed by atoms with Gasteiger partial charge in [-0.25, -0.2) is 0 Å². The predicted molar refractivity (Wildman–Crippen MR) is 81.2 cm³/mol. The smallest absolute Gasteiger partial charge is 0.122 e. The maximum Gasteiger partial charge on any atom is 0.122 e. The second-order valence-corrected chi connectivity index (χ2v) is 5.33. The first-order chi connectivity index (χ1) is 9.52. The fourth-order valence-electron chi connectivity index (χ4n) is 1.96. The first kappa shape index (κ1) is 17.0. The highest BCUT2D eigenvalue weighted by molar-refractivity contribution is 5.35. The normalized spacial score (nSPS) is 14.1. The summed E-state index contributed by atoms with van der Waals surface area (Å²) in [6.45, 7) is 7.22. The van der Waals surface area contributed by atoms with Crippen LogP contribution in [0.25, 0.3) is 0 Å². The average molecular weight is 281 g/mol. The summed E-state index contributed by atoms with van der Waals surface area (Å²) in [7, 11) is 0. The lowest BCUT2D eigenvalue weighted by molar-refractivity contribution is 0.0981. The highest BCUT2D eigenvalue weighted by Crippen LogP contribution is 2.19. The van der Waals surface area contributed by atoms with Gasteiger partial charge < -0.3 is 20.3 Å². The molecule has 2 unspecified atom stereocenters. The van der Waals surface area contributed by atoms with E-state index in [2.05, 4.69) is 5.32 Å². The van der Waals surface area contributed by atoms with Gasteiger partial charge in [0.05, 0.1) is 6.10 Å². The fraction of sp³-hybridized carbons (Fsp3) is 0.625. The molecule has 4 heteroatoms. The van der Waals surface area contributed by atoms with Crippen LogP contribution in [0.1, 0.15) is 30.9 Å². The van der Waals surface area contributed by atoms with Crippen molar-refractivity contribution in [3.8, 4) is 5.75 Å². The number of benzene rings is 1. The number of aliphatic hydroxyl groups is 2. The van der Waals surface area contributed by atoms with Gasteiger partial charge in [0.2, 0.25) is 0 Å². The molecule has 0 fully saturated rings. The van der Waals surface area contributed by atoms with Crippen LogP contribution in [0.4, 0.5) is 0 Å². The Kier molecular flexibility index (Phi) is 7.59. The van der Waals surface area contributed by atoms with E-state index in [0.29, 0.717) is 13.1 Å². The molecule has 0 bridgehead atoms. The quantitative estimate of drug-likeness (QED) is 0.646. The van der Waals surface area contributed by atoms with Crippen molar-refractivity contribution in [3.63, 3.8) is 0 Å². The van der Waals surface area contributed by atoms with E-state index in [1.807, 2.05) is 39.0 Å². The van der Waals surface area contributed by atoms with E-state index in [9.17, 15) is 10.2 Å². The van der Waals surface area contributed by atoms with Crippen LogP contribution in [-0.4, -0.2) is 42.1 Å². The van der Waals surface area contributed by atoms with Crippen LogP contribution in [-0.2, 0) is 0 Å². The summed E-state index contributed by atoms with van der Waals surface area (Å²) in [6, 6.07) is 6.02. The van der Waals surface area contributed by atoms with Crippen molar-refractivity contribution in [2.24, 2.45) is 0 Å². The first-order valence-electron chi connectivity index (χ1n) is 7.29. The van der Waals surface area contributed by atoms with Gasteiger partial charge in [-0.2, -0.15) is 0 Å². The van der Waals surface area contributed by atoms with Gasteiger partial charge >= 0.3 is 0 Å². The van der Waals surface area contributed by atoms with Crippen molar-refractivity contribution in [2.75, 3.05) is 19.7 Å². The predicted octanol–water partition coefficient (Wildman–Crippen LogP) is 1.79. The summed E-state index contributed by atoms with van der Waals surface area (Å²) in [6.07, 6.45) is 0.819. The lowest BCUT2D eigenvalue weighted by atomic mass is 10.1. The molecule has 0 aliphatic carbocycles. The van der Waals surface area contributed by atoms with Crippen molar-refractivity contribution in [3.05, 3.63) is 29.3 Å². The third-order valence-corrected chi connectivity index (χ3v) is 3.16. The van der Waals surface area contributed by atoms with Crippen LogP contribution in [0.3, 0.4) is 0 Å². The number of hydrogen-bond acceptors (Lipinski definition) is 4. The largest absolute Gasteiger partial charge is 0.491 e. The molecular formula is C16H27NO3. The minimum Gasteiger partial charge on any atom is -0.491 e. The molecule has 0 aromatic heterocycles. The Hall–Kier alpha value is -1.10. The van der Waals surface area contributed by atoms with Gasteiger partial charge in [-0.1, -0.05) is 25.5 Å². The molecule has 20 heavy (non-hydrogen) atoms. The molecule has 4 nitrogen and oxygen atoms in total. The molecule has 0 aliphatic rings. The molecule has 1 aromatic carbocycles. The Morgan fingerprint density at radius 3 is 2.55 bits per heavy atom. The molecule has 0 radical (unpaired) electrons. The Morgan fingerprint density at radius 2 is 1.85 bits per heavy atom. The summed E-state index contributed by atoms with van der Waals surface area (Å²) in [5, 5.41) is 22.5. The van der Waals surface area contributed by atoms with E-state index in [-0.39, 0.29) is 12.7 Å². The summed E-state index contributed by atoms with van der Waals surface area (Å²) in [4.78, 5) is 0. The number of nitrogens with one attached hydrogen (secondary N) is 1. The third-order valence-electron chi connectivity index (χ3n) is 3.16. The summed E-state index contributed by atoms with van der Waals surface area (Å²) in [5.74, 6) is 0.815. The molecule has 114 valence electrons. The maximum atomic E-state index is 9.84. The standard InChI is InChI=1S/C16H27NO3/c1-4-5-14(18)9-17-10-15(19)11-20-16-8-12(2)6-7-13(16)3/h6-8,14-15,17-19H,4-5,9-11H2,1-3H3. The van der Waals surface area contributed by atoms with Gasteiger partial charge in [0.1, 0.15) is 18.5 Å². The van der Waals surface area contributed by atoms with Crippen LogP contribution in [0.2, 0.25) is 0 Å². The zero-order chi connectivity index (χ0) is 15.0. The number of ether oxygens (including phenoxy) is 1. The van der Waals surface area contributed by atoms with Crippen molar-refractivity contribution in [1.82, 2.24) is 5.32 Å². The SMILES string of the molecule is CCCC(O)CNCC(O)COc1cc(C)ccc1C. The maximum absolute atomic E-state index is 9.84. The molecule has 1 rings (SSSR count). The fourth-order valence-corrected chi connectivity index (χ4v) is 1.96. The molecule has 0 saturated heterocycles. The van der Waals surface area contributed by atoms with Crippen LogP contribution in [0.5, 0.6) is 5.75 Å². The number of aryl methyl sites for hydroxylation is 2. The Morgan fingerprint density at radius 1 is 1.15 bits per heavy atom. The summed E-state index contributed by atoms with van der Waals surface area (Å²) in [5.41, 5.74) is 2.20. The van der Waals surface area contributed by atoms with Gasteiger partial charge in [0, 0.05) is 13.1 Å². The minimum absolute atomic E-state index is 0.251. The Balaban J connectivity index is 2.26. The molecule has 0 spiro atoms. The first-order valence-corrected chi connectivity index (χ1v) is 7.29. The topological polar surface area (TPSA) is 61.7 Å². The second kappa shape index (κ2) is 8.95.